The van der Waals surface area contributed by atoms with Crippen LogP contribution in [0.4, 0.5) is 11.4 Å². The number of nitrogens with two attached hydrogens (primary N) is 1. The minimum atomic E-state index is -0.354. The lowest BCUT2D eigenvalue weighted by atomic mass is 10.1. The lowest BCUT2D eigenvalue weighted by Gasteiger charge is -2.06. The van der Waals surface area contributed by atoms with Crippen LogP contribution >= 0.6 is 15.9 Å². The van der Waals surface area contributed by atoms with Gasteiger partial charge in [-0.05, 0) is 27.9 Å². The Morgan fingerprint density at radius 2 is 2.26 bits per heavy atom. The Balaban J connectivity index is 2.24. The van der Waals surface area contributed by atoms with Gasteiger partial charge < -0.3 is 11.1 Å². The number of hydrogen-bond acceptors (Lipinski definition) is 4. The molecule has 2 rings (SSSR count). The average Bonchev–Trinajstić information content (AvgIpc) is 2.74. The third-order valence-corrected chi connectivity index (χ3v) is 3.28. The average molecular weight is 324 g/mol. The third kappa shape index (κ3) is 2.76. The van der Waals surface area contributed by atoms with Crippen molar-refractivity contribution >= 4 is 33.2 Å². The van der Waals surface area contributed by atoms with Gasteiger partial charge in [-0.3, -0.25) is 14.9 Å². The number of nitrogen functional groups attached to an aromatic ring is 1. The van der Waals surface area contributed by atoms with E-state index in [-0.39, 0.29) is 17.5 Å². The predicted octanol–water partition coefficient (Wildman–Crippen LogP) is 2.53. The van der Waals surface area contributed by atoms with E-state index in [4.69, 9.17) is 5.73 Å². The molecule has 0 aromatic carbocycles. The lowest BCUT2D eigenvalue weighted by Crippen LogP contribution is -2.14. The van der Waals surface area contributed by atoms with Gasteiger partial charge in [-0.15, -0.1) is 0 Å². The van der Waals surface area contributed by atoms with Gasteiger partial charge in [-0.2, -0.15) is 5.10 Å². The highest BCUT2D eigenvalue weighted by atomic mass is 79.9. The van der Waals surface area contributed by atoms with Gasteiger partial charge in [0.2, 0.25) is 0 Å². The summed E-state index contributed by atoms with van der Waals surface area (Å²) in [6.07, 6.45) is 3.19. The second kappa shape index (κ2) is 5.40. The first kappa shape index (κ1) is 13.5. The molecular formula is C12H14BrN5O. The summed E-state index contributed by atoms with van der Waals surface area (Å²) < 4.78 is 0.696. The zero-order chi connectivity index (χ0) is 14.0. The number of carbonyl (C=O) groups is 1. The molecule has 100 valence electrons. The molecule has 0 atom stereocenters. The Hall–Kier alpha value is -1.89. The first-order valence-electron chi connectivity index (χ1n) is 5.75. The first-order chi connectivity index (χ1) is 9.00. The summed E-state index contributed by atoms with van der Waals surface area (Å²) in [6.45, 7) is 3.95. The Morgan fingerprint density at radius 1 is 1.53 bits per heavy atom. The highest BCUT2D eigenvalue weighted by molar-refractivity contribution is 9.10. The van der Waals surface area contributed by atoms with Crippen molar-refractivity contribution in [1.29, 1.82) is 0 Å². The zero-order valence-corrected chi connectivity index (χ0v) is 12.2. The standard InChI is InChI=1S/C12H14BrN5O/c1-6(2)10-9(14)11(18-17-10)12(19)16-8-3-4-15-5-7(8)13/h3-6H,14H2,1-2H3,(H,17,18)(H,15,16,19). The van der Waals surface area contributed by atoms with E-state index in [1.54, 1.807) is 18.5 Å². The van der Waals surface area contributed by atoms with E-state index < -0.39 is 0 Å². The highest BCUT2D eigenvalue weighted by Crippen LogP contribution is 2.24. The van der Waals surface area contributed by atoms with E-state index in [0.717, 1.165) is 5.69 Å². The number of carbonyl (C=O) groups excluding carboxylic acids is 1. The summed E-state index contributed by atoms with van der Waals surface area (Å²) in [6, 6.07) is 1.69. The maximum absolute atomic E-state index is 12.1. The van der Waals surface area contributed by atoms with Crippen LogP contribution in [0.5, 0.6) is 0 Å². The van der Waals surface area contributed by atoms with Gasteiger partial charge >= 0.3 is 0 Å². The van der Waals surface area contributed by atoms with E-state index in [2.05, 4.69) is 36.4 Å². The molecule has 2 aromatic heterocycles. The molecule has 0 saturated carbocycles. The number of rotatable bonds is 3. The molecule has 2 aromatic rings. The van der Waals surface area contributed by atoms with Crippen molar-refractivity contribution in [3.8, 4) is 0 Å². The van der Waals surface area contributed by atoms with E-state index in [1.165, 1.54) is 0 Å². The van der Waals surface area contributed by atoms with Crippen molar-refractivity contribution in [1.82, 2.24) is 15.2 Å². The van der Waals surface area contributed by atoms with Gasteiger partial charge in [0.05, 0.1) is 21.5 Å². The summed E-state index contributed by atoms with van der Waals surface area (Å²) in [5.74, 6) is -0.172. The molecule has 0 aliphatic heterocycles. The fraction of sp³-hybridized carbons (Fsp3) is 0.250. The van der Waals surface area contributed by atoms with Gasteiger partial charge in [0.25, 0.3) is 5.91 Å². The van der Waals surface area contributed by atoms with Crippen LogP contribution in [0.15, 0.2) is 22.9 Å². The maximum Gasteiger partial charge on any atom is 0.278 e. The molecule has 6 nitrogen and oxygen atoms in total. The summed E-state index contributed by atoms with van der Waals surface area (Å²) >= 11 is 3.31. The van der Waals surface area contributed by atoms with Gasteiger partial charge in [-0.1, -0.05) is 13.8 Å². The molecule has 2 heterocycles. The number of aromatic nitrogens is 3. The number of hydrogen-bond donors (Lipinski definition) is 3. The molecule has 0 bridgehead atoms. The smallest absolute Gasteiger partial charge is 0.278 e. The number of pyridine rings is 1. The normalized spacial score (nSPS) is 10.7. The van der Waals surface area contributed by atoms with Crippen molar-refractivity contribution in [2.45, 2.75) is 19.8 Å². The van der Waals surface area contributed by atoms with E-state index in [0.29, 0.717) is 15.8 Å². The lowest BCUT2D eigenvalue weighted by molar-refractivity contribution is 0.102. The second-order valence-corrected chi connectivity index (χ2v) is 5.22. The quantitative estimate of drug-likeness (QED) is 0.808. The molecular weight excluding hydrogens is 310 g/mol. The molecule has 1 amide bonds. The van der Waals surface area contributed by atoms with Crippen LogP contribution in [0.3, 0.4) is 0 Å². The summed E-state index contributed by atoms with van der Waals surface area (Å²) in [5.41, 5.74) is 7.89. The summed E-state index contributed by atoms with van der Waals surface area (Å²) in [7, 11) is 0. The van der Waals surface area contributed by atoms with E-state index in [9.17, 15) is 4.79 Å². The fourth-order valence-electron chi connectivity index (χ4n) is 1.64. The number of anilines is 2. The van der Waals surface area contributed by atoms with Crippen LogP contribution in [0.1, 0.15) is 35.9 Å². The Kier molecular flexibility index (Phi) is 3.84. The maximum atomic E-state index is 12.1. The molecule has 19 heavy (non-hydrogen) atoms. The molecule has 7 heteroatoms. The van der Waals surface area contributed by atoms with Crippen molar-refractivity contribution in [3.63, 3.8) is 0 Å². The molecule has 4 N–H and O–H groups in total. The predicted molar refractivity (Wildman–Crippen MR) is 77.0 cm³/mol. The van der Waals surface area contributed by atoms with Gasteiger partial charge in [-0.25, -0.2) is 0 Å². The van der Waals surface area contributed by atoms with E-state index >= 15 is 0 Å². The number of nitrogens with one attached hydrogen (secondary N) is 2. The van der Waals surface area contributed by atoms with E-state index in [1.807, 2.05) is 13.8 Å². The van der Waals surface area contributed by atoms with Crippen LogP contribution in [-0.2, 0) is 0 Å². The van der Waals surface area contributed by atoms with Crippen molar-refractivity contribution in [2.75, 3.05) is 11.1 Å². The molecule has 0 aliphatic rings. The summed E-state index contributed by atoms with van der Waals surface area (Å²) in [5, 5.41) is 9.50. The van der Waals surface area contributed by atoms with Crippen molar-refractivity contribution < 1.29 is 4.79 Å². The monoisotopic (exact) mass is 323 g/mol. The number of amides is 1. The van der Waals surface area contributed by atoms with Gasteiger partial charge in [0.15, 0.2) is 5.69 Å². The van der Waals surface area contributed by atoms with Crippen molar-refractivity contribution in [2.24, 2.45) is 0 Å². The largest absolute Gasteiger partial charge is 0.395 e. The third-order valence-electron chi connectivity index (χ3n) is 2.65. The molecule has 0 saturated heterocycles. The number of nitrogens with zero attached hydrogens (tertiary/aromatic N) is 2. The van der Waals surface area contributed by atoms with Crippen LogP contribution < -0.4 is 11.1 Å². The van der Waals surface area contributed by atoms with Crippen LogP contribution in [0, 0.1) is 0 Å². The number of H-pyrrole nitrogens is 1. The molecule has 0 fully saturated rings. The van der Waals surface area contributed by atoms with Crippen LogP contribution in [0.2, 0.25) is 0 Å². The number of aromatic amines is 1. The fourth-order valence-corrected chi connectivity index (χ4v) is 1.98. The first-order valence-corrected chi connectivity index (χ1v) is 6.54. The minimum Gasteiger partial charge on any atom is -0.395 e. The molecule has 0 radical (unpaired) electrons. The topological polar surface area (TPSA) is 96.7 Å². The second-order valence-electron chi connectivity index (χ2n) is 4.36. The molecule has 0 spiro atoms. The van der Waals surface area contributed by atoms with Crippen LogP contribution in [-0.4, -0.2) is 21.1 Å². The Labute approximate surface area is 118 Å². The minimum absolute atomic E-state index is 0.182. The highest BCUT2D eigenvalue weighted by Gasteiger charge is 2.19. The molecule has 0 unspecified atom stereocenters. The van der Waals surface area contributed by atoms with Crippen molar-refractivity contribution in [3.05, 3.63) is 34.3 Å². The SMILES string of the molecule is CC(C)c1[nH]nc(C(=O)Nc2ccncc2Br)c1N. The summed E-state index contributed by atoms with van der Waals surface area (Å²) in [4.78, 5) is 16.0. The Morgan fingerprint density at radius 3 is 2.84 bits per heavy atom. The Bertz CT molecular complexity index is 608. The number of halogens is 1. The van der Waals surface area contributed by atoms with Gasteiger partial charge in [0, 0.05) is 12.4 Å². The zero-order valence-electron chi connectivity index (χ0n) is 10.6. The van der Waals surface area contributed by atoms with Gasteiger partial charge in [0.1, 0.15) is 0 Å². The van der Waals surface area contributed by atoms with Crippen LogP contribution in [0.25, 0.3) is 0 Å². The molecule has 0 aliphatic carbocycles.